The number of amides is 3. The van der Waals surface area contributed by atoms with Crippen LogP contribution in [0.3, 0.4) is 0 Å². The number of carbonyl (C=O) groups excluding carboxylic acids is 3. The molecule has 1 atom stereocenters. The molecule has 0 aliphatic carbocycles. The molecule has 164 valence electrons. The van der Waals surface area contributed by atoms with E-state index in [2.05, 4.69) is 5.32 Å². The van der Waals surface area contributed by atoms with E-state index in [0.29, 0.717) is 22.3 Å². The normalized spacial score (nSPS) is 18.1. The Kier molecular flexibility index (Phi) is 5.83. The molecule has 1 aliphatic rings. The standard InChI is InChI=1S/C21H20F2N2O6/c1-21(11-7-16(29-2)18(31-4)17(8-11)30-3)19(27)25(20(28)24-21)10-15(26)13-6-5-12(22)9-14(13)23/h5-9H,10H2,1-4H3,(H,24,28). The number of methoxy groups -OCH3 is 3. The van der Waals surface area contributed by atoms with Crippen molar-refractivity contribution in [3.8, 4) is 17.2 Å². The zero-order chi connectivity index (χ0) is 22.9. The highest BCUT2D eigenvalue weighted by atomic mass is 19.1. The minimum atomic E-state index is -1.55. The molecule has 2 aromatic carbocycles. The van der Waals surface area contributed by atoms with Crippen LogP contribution in [0.2, 0.25) is 0 Å². The van der Waals surface area contributed by atoms with E-state index in [4.69, 9.17) is 14.2 Å². The zero-order valence-corrected chi connectivity index (χ0v) is 17.2. The number of imide groups is 1. The molecule has 1 aliphatic heterocycles. The third-order valence-electron chi connectivity index (χ3n) is 5.05. The summed E-state index contributed by atoms with van der Waals surface area (Å²) >= 11 is 0. The van der Waals surface area contributed by atoms with Gasteiger partial charge in [-0.3, -0.25) is 14.5 Å². The van der Waals surface area contributed by atoms with Gasteiger partial charge in [0.15, 0.2) is 17.3 Å². The summed E-state index contributed by atoms with van der Waals surface area (Å²) in [5, 5.41) is 2.55. The first kappa shape index (κ1) is 22.0. The Morgan fingerprint density at radius 3 is 2.16 bits per heavy atom. The largest absolute Gasteiger partial charge is 0.493 e. The number of urea groups is 1. The van der Waals surface area contributed by atoms with Gasteiger partial charge >= 0.3 is 6.03 Å². The van der Waals surface area contributed by atoms with Gasteiger partial charge in [0.25, 0.3) is 5.91 Å². The van der Waals surface area contributed by atoms with Crippen molar-refractivity contribution in [3.05, 3.63) is 53.1 Å². The van der Waals surface area contributed by atoms with Crippen LogP contribution in [0.4, 0.5) is 13.6 Å². The monoisotopic (exact) mass is 434 g/mol. The number of nitrogens with one attached hydrogen (secondary N) is 1. The highest BCUT2D eigenvalue weighted by molar-refractivity contribution is 6.11. The molecule has 3 rings (SSSR count). The van der Waals surface area contributed by atoms with Gasteiger partial charge < -0.3 is 19.5 Å². The molecule has 1 saturated heterocycles. The van der Waals surface area contributed by atoms with Crippen LogP contribution in [-0.4, -0.2) is 50.5 Å². The fraction of sp³-hybridized carbons (Fsp3) is 0.286. The van der Waals surface area contributed by atoms with Gasteiger partial charge in [-0.2, -0.15) is 0 Å². The first-order valence-corrected chi connectivity index (χ1v) is 9.09. The summed E-state index contributed by atoms with van der Waals surface area (Å²) in [6.45, 7) is 0.740. The van der Waals surface area contributed by atoms with E-state index in [-0.39, 0.29) is 11.5 Å². The van der Waals surface area contributed by atoms with Gasteiger partial charge in [0.05, 0.1) is 33.4 Å². The number of halogens is 2. The Morgan fingerprint density at radius 2 is 1.65 bits per heavy atom. The van der Waals surface area contributed by atoms with E-state index in [1.165, 1.54) is 40.4 Å². The summed E-state index contributed by atoms with van der Waals surface area (Å²) in [6.07, 6.45) is 0. The molecule has 2 aromatic rings. The summed E-state index contributed by atoms with van der Waals surface area (Å²) in [5.41, 5.74) is -1.66. The van der Waals surface area contributed by atoms with Crippen LogP contribution in [0, 0.1) is 11.6 Å². The van der Waals surface area contributed by atoms with Gasteiger partial charge in [-0.05, 0) is 36.8 Å². The smallest absolute Gasteiger partial charge is 0.325 e. The molecule has 0 bridgehead atoms. The number of hydrogen-bond acceptors (Lipinski definition) is 6. The van der Waals surface area contributed by atoms with Gasteiger partial charge in [-0.1, -0.05) is 0 Å². The lowest BCUT2D eigenvalue weighted by Gasteiger charge is -2.24. The van der Waals surface area contributed by atoms with Crippen molar-refractivity contribution in [2.24, 2.45) is 0 Å². The number of ketones is 1. The van der Waals surface area contributed by atoms with Crippen molar-refractivity contribution in [3.63, 3.8) is 0 Å². The average molecular weight is 434 g/mol. The quantitative estimate of drug-likeness (QED) is 0.532. The SMILES string of the molecule is COc1cc(C2(C)NC(=O)N(CC(=O)c3ccc(F)cc3F)C2=O)cc(OC)c1OC. The highest BCUT2D eigenvalue weighted by Gasteiger charge is 2.50. The Morgan fingerprint density at radius 1 is 1.03 bits per heavy atom. The summed E-state index contributed by atoms with van der Waals surface area (Å²) < 4.78 is 42.9. The van der Waals surface area contributed by atoms with Gasteiger partial charge in [-0.25, -0.2) is 13.6 Å². The lowest BCUT2D eigenvalue weighted by Crippen LogP contribution is -2.41. The second kappa shape index (κ2) is 8.21. The Bertz CT molecular complexity index is 1050. The van der Waals surface area contributed by atoms with Crippen LogP contribution in [0.5, 0.6) is 17.2 Å². The van der Waals surface area contributed by atoms with Crippen molar-refractivity contribution in [2.45, 2.75) is 12.5 Å². The topological polar surface area (TPSA) is 94.2 Å². The summed E-state index contributed by atoms with van der Waals surface area (Å²) in [7, 11) is 4.23. The number of ether oxygens (including phenoxy) is 3. The maximum Gasteiger partial charge on any atom is 0.325 e. The molecule has 0 aromatic heterocycles. The third kappa shape index (κ3) is 3.76. The molecule has 0 radical (unpaired) electrons. The number of benzene rings is 2. The Hall–Kier alpha value is -3.69. The van der Waals surface area contributed by atoms with Gasteiger partial charge in [-0.15, -0.1) is 0 Å². The van der Waals surface area contributed by atoms with Crippen LogP contribution in [-0.2, 0) is 10.3 Å². The number of rotatable bonds is 7. The van der Waals surface area contributed by atoms with Crippen molar-refractivity contribution in [1.29, 1.82) is 0 Å². The first-order valence-electron chi connectivity index (χ1n) is 9.09. The fourth-order valence-corrected chi connectivity index (χ4v) is 3.35. The molecule has 1 N–H and O–H groups in total. The van der Waals surface area contributed by atoms with E-state index in [0.717, 1.165) is 12.1 Å². The van der Waals surface area contributed by atoms with E-state index >= 15 is 0 Å². The van der Waals surface area contributed by atoms with E-state index in [9.17, 15) is 23.2 Å². The van der Waals surface area contributed by atoms with Crippen LogP contribution >= 0.6 is 0 Å². The average Bonchev–Trinajstić information content (AvgIpc) is 2.96. The Labute approximate surface area is 176 Å². The van der Waals surface area contributed by atoms with Crippen molar-refractivity contribution in [1.82, 2.24) is 10.2 Å². The number of Topliss-reactive ketones (excluding diaryl/α,β-unsaturated/α-hetero) is 1. The van der Waals surface area contributed by atoms with Crippen molar-refractivity contribution < 1.29 is 37.4 Å². The predicted octanol–water partition coefficient (Wildman–Crippen LogP) is 2.64. The second-order valence-electron chi connectivity index (χ2n) is 6.91. The maximum absolute atomic E-state index is 13.9. The first-order chi connectivity index (χ1) is 14.7. The zero-order valence-electron chi connectivity index (χ0n) is 17.2. The third-order valence-corrected chi connectivity index (χ3v) is 5.05. The number of hydrogen-bond donors (Lipinski definition) is 1. The summed E-state index contributed by atoms with van der Waals surface area (Å²) in [6, 6.07) is 4.61. The number of nitrogens with zero attached hydrogens (tertiary/aromatic N) is 1. The molecule has 31 heavy (non-hydrogen) atoms. The van der Waals surface area contributed by atoms with Crippen LogP contribution in [0.25, 0.3) is 0 Å². The molecule has 8 nitrogen and oxygen atoms in total. The van der Waals surface area contributed by atoms with Crippen molar-refractivity contribution in [2.75, 3.05) is 27.9 Å². The predicted molar refractivity (Wildman–Crippen MR) is 104 cm³/mol. The van der Waals surface area contributed by atoms with Gasteiger partial charge in [0.1, 0.15) is 17.2 Å². The minimum Gasteiger partial charge on any atom is -0.493 e. The summed E-state index contributed by atoms with van der Waals surface area (Å²) in [4.78, 5) is 38.8. The summed E-state index contributed by atoms with van der Waals surface area (Å²) in [5.74, 6) is -2.68. The van der Waals surface area contributed by atoms with E-state index < -0.39 is 47.0 Å². The fourth-order valence-electron chi connectivity index (χ4n) is 3.35. The second-order valence-corrected chi connectivity index (χ2v) is 6.91. The lowest BCUT2D eigenvalue weighted by molar-refractivity contribution is -0.130. The molecule has 0 spiro atoms. The molecule has 0 saturated carbocycles. The number of carbonyl (C=O) groups is 3. The van der Waals surface area contributed by atoms with Gasteiger partial charge in [0, 0.05) is 6.07 Å². The van der Waals surface area contributed by atoms with E-state index in [1.54, 1.807) is 0 Å². The van der Waals surface area contributed by atoms with Crippen LogP contribution in [0.1, 0.15) is 22.8 Å². The Balaban J connectivity index is 1.94. The van der Waals surface area contributed by atoms with Crippen LogP contribution < -0.4 is 19.5 Å². The van der Waals surface area contributed by atoms with Gasteiger partial charge in [0.2, 0.25) is 5.75 Å². The van der Waals surface area contributed by atoms with E-state index in [1.807, 2.05) is 0 Å². The maximum atomic E-state index is 13.9. The van der Waals surface area contributed by atoms with Crippen LogP contribution in [0.15, 0.2) is 30.3 Å². The molecule has 1 unspecified atom stereocenters. The van der Waals surface area contributed by atoms with Crippen molar-refractivity contribution >= 4 is 17.7 Å². The molecule has 1 heterocycles. The molecule has 3 amide bonds. The molecule has 1 fully saturated rings. The molecule has 10 heteroatoms. The minimum absolute atomic E-state index is 0.267. The molecular formula is C21H20F2N2O6. The lowest BCUT2D eigenvalue weighted by atomic mass is 9.91. The molecular weight excluding hydrogens is 414 g/mol. The highest BCUT2D eigenvalue weighted by Crippen LogP contribution is 2.42.